The molecule has 2 rings (SSSR count). The number of methoxy groups -OCH3 is 2. The maximum Gasteiger partial charge on any atom is 0.322 e. The summed E-state index contributed by atoms with van der Waals surface area (Å²) in [4.78, 5) is 14.1. The monoisotopic (exact) mass is 294 g/mol. The topological polar surface area (TPSA) is 60.0 Å². The van der Waals surface area contributed by atoms with Crippen LogP contribution in [0.2, 0.25) is 0 Å². The molecule has 2 atom stereocenters. The van der Waals surface area contributed by atoms with E-state index in [4.69, 9.17) is 14.2 Å². The Morgan fingerprint density at radius 3 is 2.48 bits per heavy atom. The molecule has 0 aromatic heterocycles. The number of ether oxygens (including phenoxy) is 3. The number of nitrogens with zero attached hydrogens (tertiary/aromatic N) is 1. The number of morpholine rings is 1. The van der Waals surface area contributed by atoms with Crippen LogP contribution in [0.15, 0.2) is 18.2 Å². The molecule has 0 unspecified atom stereocenters. The molecule has 0 spiro atoms. The third-order valence-electron chi connectivity index (χ3n) is 3.36. The molecule has 1 N–H and O–H groups in total. The molecule has 6 nitrogen and oxygen atoms in total. The predicted molar refractivity (Wildman–Crippen MR) is 80.1 cm³/mol. The van der Waals surface area contributed by atoms with E-state index in [0.717, 1.165) is 0 Å². The van der Waals surface area contributed by atoms with Crippen molar-refractivity contribution < 1.29 is 19.0 Å². The molecule has 1 aromatic rings. The zero-order valence-corrected chi connectivity index (χ0v) is 12.9. The Morgan fingerprint density at radius 2 is 1.90 bits per heavy atom. The fourth-order valence-corrected chi connectivity index (χ4v) is 2.45. The lowest BCUT2D eigenvalue weighted by Crippen LogP contribution is -2.49. The largest absolute Gasteiger partial charge is 0.497 e. The van der Waals surface area contributed by atoms with Gasteiger partial charge in [-0.25, -0.2) is 4.79 Å². The van der Waals surface area contributed by atoms with E-state index in [1.807, 2.05) is 13.8 Å². The molecule has 0 radical (unpaired) electrons. The SMILES string of the molecule is COc1ccc(OC)c(NC(=O)N2C[C@@H](C)O[C@@H](C)C2)c1. The van der Waals surface area contributed by atoms with Crippen molar-refractivity contribution >= 4 is 11.7 Å². The maximum absolute atomic E-state index is 12.4. The quantitative estimate of drug-likeness (QED) is 0.929. The fourth-order valence-electron chi connectivity index (χ4n) is 2.45. The normalized spacial score (nSPS) is 21.8. The zero-order valence-electron chi connectivity index (χ0n) is 12.9. The third kappa shape index (κ3) is 3.78. The Hall–Kier alpha value is -1.95. The van der Waals surface area contributed by atoms with Gasteiger partial charge in [0.05, 0.1) is 32.1 Å². The Bertz CT molecular complexity index is 496. The number of urea groups is 1. The highest BCUT2D eigenvalue weighted by atomic mass is 16.5. The molecule has 21 heavy (non-hydrogen) atoms. The summed E-state index contributed by atoms with van der Waals surface area (Å²) in [6.45, 7) is 5.06. The molecule has 6 heteroatoms. The first-order valence-electron chi connectivity index (χ1n) is 6.97. The van der Waals surface area contributed by atoms with Crippen molar-refractivity contribution in [1.82, 2.24) is 4.90 Å². The zero-order chi connectivity index (χ0) is 15.4. The fraction of sp³-hybridized carbons (Fsp3) is 0.533. The van der Waals surface area contributed by atoms with Crippen LogP contribution in [0, 0.1) is 0 Å². The van der Waals surface area contributed by atoms with E-state index >= 15 is 0 Å². The van der Waals surface area contributed by atoms with Gasteiger partial charge in [0.1, 0.15) is 11.5 Å². The van der Waals surface area contributed by atoms with Crippen molar-refractivity contribution in [3.63, 3.8) is 0 Å². The first kappa shape index (κ1) is 15.4. The van der Waals surface area contributed by atoms with Gasteiger partial charge < -0.3 is 24.4 Å². The van der Waals surface area contributed by atoms with Crippen LogP contribution in [-0.4, -0.2) is 50.4 Å². The third-order valence-corrected chi connectivity index (χ3v) is 3.36. The number of nitrogens with one attached hydrogen (secondary N) is 1. The maximum atomic E-state index is 12.4. The first-order chi connectivity index (χ1) is 10.0. The van der Waals surface area contributed by atoms with Gasteiger partial charge in [-0.05, 0) is 26.0 Å². The molecule has 0 aliphatic carbocycles. The smallest absolute Gasteiger partial charge is 0.322 e. The highest BCUT2D eigenvalue weighted by Crippen LogP contribution is 2.29. The molecule has 1 aliphatic rings. The van der Waals surface area contributed by atoms with Gasteiger partial charge in [-0.15, -0.1) is 0 Å². The van der Waals surface area contributed by atoms with Crippen molar-refractivity contribution in [3.8, 4) is 11.5 Å². The van der Waals surface area contributed by atoms with Gasteiger partial charge >= 0.3 is 6.03 Å². The van der Waals surface area contributed by atoms with E-state index in [2.05, 4.69) is 5.32 Å². The summed E-state index contributed by atoms with van der Waals surface area (Å²) >= 11 is 0. The molecule has 1 aliphatic heterocycles. The number of hydrogen-bond acceptors (Lipinski definition) is 4. The van der Waals surface area contributed by atoms with Gasteiger partial charge in [0.25, 0.3) is 0 Å². The van der Waals surface area contributed by atoms with Crippen molar-refractivity contribution in [1.29, 1.82) is 0 Å². The molecule has 0 saturated carbocycles. The summed E-state index contributed by atoms with van der Waals surface area (Å²) < 4.78 is 16.1. The number of benzene rings is 1. The van der Waals surface area contributed by atoms with Gasteiger partial charge in [-0.2, -0.15) is 0 Å². The molecule has 116 valence electrons. The van der Waals surface area contributed by atoms with Crippen LogP contribution in [0.4, 0.5) is 10.5 Å². The van der Waals surface area contributed by atoms with Crippen LogP contribution in [0.1, 0.15) is 13.8 Å². The lowest BCUT2D eigenvalue weighted by atomic mass is 10.2. The summed E-state index contributed by atoms with van der Waals surface area (Å²) in [5.74, 6) is 1.26. The van der Waals surface area contributed by atoms with Gasteiger partial charge in [-0.1, -0.05) is 0 Å². The van der Waals surface area contributed by atoms with Gasteiger partial charge in [0.2, 0.25) is 0 Å². The molecule has 1 heterocycles. The second kappa shape index (κ2) is 6.67. The van der Waals surface area contributed by atoms with Crippen LogP contribution in [0.3, 0.4) is 0 Å². The number of rotatable bonds is 3. The van der Waals surface area contributed by atoms with Gasteiger partial charge in [0.15, 0.2) is 0 Å². The van der Waals surface area contributed by atoms with E-state index in [0.29, 0.717) is 30.3 Å². The first-order valence-corrected chi connectivity index (χ1v) is 6.97. The molecule has 0 bridgehead atoms. The second-order valence-corrected chi connectivity index (χ2v) is 5.16. The van der Waals surface area contributed by atoms with E-state index in [9.17, 15) is 4.79 Å². The van der Waals surface area contributed by atoms with Crippen LogP contribution >= 0.6 is 0 Å². The standard InChI is InChI=1S/C15H22N2O4/c1-10-8-17(9-11(2)21-10)15(18)16-13-7-12(19-3)5-6-14(13)20-4/h5-7,10-11H,8-9H2,1-4H3,(H,16,18)/t10-,11+. The summed E-state index contributed by atoms with van der Waals surface area (Å²) in [5.41, 5.74) is 0.591. The number of carbonyl (C=O) groups excluding carboxylic acids is 1. The average Bonchev–Trinajstić information content (AvgIpc) is 2.46. The van der Waals surface area contributed by atoms with Crippen LogP contribution < -0.4 is 14.8 Å². The Labute approximate surface area is 125 Å². The van der Waals surface area contributed by atoms with Crippen molar-refractivity contribution in [3.05, 3.63) is 18.2 Å². The van der Waals surface area contributed by atoms with Crippen molar-refractivity contribution in [2.45, 2.75) is 26.1 Å². The number of hydrogen-bond donors (Lipinski definition) is 1. The molecule has 1 fully saturated rings. The molecular weight excluding hydrogens is 272 g/mol. The number of anilines is 1. The van der Waals surface area contributed by atoms with Gasteiger partial charge in [-0.3, -0.25) is 0 Å². The highest BCUT2D eigenvalue weighted by Gasteiger charge is 2.26. The Morgan fingerprint density at radius 1 is 1.24 bits per heavy atom. The molecular formula is C15H22N2O4. The summed E-state index contributed by atoms with van der Waals surface area (Å²) in [6.07, 6.45) is 0.0680. The van der Waals surface area contributed by atoms with Crippen LogP contribution in [0.5, 0.6) is 11.5 Å². The van der Waals surface area contributed by atoms with E-state index in [1.54, 1.807) is 37.3 Å². The Kier molecular flexibility index (Phi) is 4.90. The van der Waals surface area contributed by atoms with Crippen molar-refractivity contribution in [2.24, 2.45) is 0 Å². The van der Waals surface area contributed by atoms with Crippen LogP contribution in [-0.2, 0) is 4.74 Å². The van der Waals surface area contributed by atoms with Gasteiger partial charge in [0, 0.05) is 19.2 Å². The van der Waals surface area contributed by atoms with Crippen LogP contribution in [0.25, 0.3) is 0 Å². The summed E-state index contributed by atoms with van der Waals surface area (Å²) in [5, 5.41) is 2.87. The average molecular weight is 294 g/mol. The molecule has 1 saturated heterocycles. The minimum atomic E-state index is -0.163. The van der Waals surface area contributed by atoms with E-state index in [-0.39, 0.29) is 18.2 Å². The lowest BCUT2D eigenvalue weighted by molar-refractivity contribution is -0.0530. The minimum absolute atomic E-state index is 0.0340. The van der Waals surface area contributed by atoms with Crippen molar-refractivity contribution in [2.75, 3.05) is 32.6 Å². The second-order valence-electron chi connectivity index (χ2n) is 5.16. The Balaban J connectivity index is 2.11. The summed E-state index contributed by atoms with van der Waals surface area (Å²) in [6, 6.07) is 5.12. The number of carbonyl (C=O) groups is 1. The highest BCUT2D eigenvalue weighted by molar-refractivity contribution is 5.91. The minimum Gasteiger partial charge on any atom is -0.497 e. The van der Waals surface area contributed by atoms with E-state index < -0.39 is 0 Å². The van der Waals surface area contributed by atoms with E-state index in [1.165, 1.54) is 0 Å². The summed E-state index contributed by atoms with van der Waals surface area (Å²) in [7, 11) is 3.15. The number of amides is 2. The lowest BCUT2D eigenvalue weighted by Gasteiger charge is -2.35. The predicted octanol–water partition coefficient (Wildman–Crippen LogP) is 2.34. The molecule has 2 amide bonds. The molecule has 1 aromatic carbocycles.